The summed E-state index contributed by atoms with van der Waals surface area (Å²) in [7, 11) is 0. The molecule has 0 aliphatic carbocycles. The lowest BCUT2D eigenvalue weighted by atomic mass is 10.1. The van der Waals surface area contributed by atoms with Crippen molar-refractivity contribution in [1.29, 1.82) is 0 Å². The second-order valence-electron chi connectivity index (χ2n) is 8.22. The number of benzene rings is 1. The molecule has 0 unspecified atom stereocenters. The van der Waals surface area contributed by atoms with Gasteiger partial charge in [0.1, 0.15) is 4.88 Å². The van der Waals surface area contributed by atoms with Crippen molar-refractivity contribution in [3.63, 3.8) is 0 Å². The third-order valence-electron chi connectivity index (χ3n) is 6.19. The lowest BCUT2D eigenvalue weighted by molar-refractivity contribution is 0.0632. The second-order valence-corrected chi connectivity index (χ2v) is 9.22. The third kappa shape index (κ3) is 4.59. The number of piperazine rings is 1. The molecule has 0 atom stereocenters. The number of nitrogens with zero attached hydrogens (tertiary/aromatic N) is 4. The van der Waals surface area contributed by atoms with Crippen LogP contribution in [0.15, 0.2) is 53.1 Å². The molecule has 0 saturated carbocycles. The SMILES string of the molecule is O=C(c1sc(-c2ccco2)nc1-c1ccccc1)N1CCN(CCN2CCCC2)CC1. The number of amides is 1. The molecule has 0 N–H and O–H groups in total. The number of carbonyl (C=O) groups excluding carboxylic acids is 1. The summed E-state index contributed by atoms with van der Waals surface area (Å²) in [6.07, 6.45) is 4.31. The van der Waals surface area contributed by atoms with Gasteiger partial charge in [-0.3, -0.25) is 9.69 Å². The quantitative estimate of drug-likeness (QED) is 0.586. The normalized spacial score (nSPS) is 18.0. The molecular weight excluding hydrogens is 408 g/mol. The first-order valence-corrected chi connectivity index (χ1v) is 11.9. The largest absolute Gasteiger partial charge is 0.462 e. The molecule has 7 heteroatoms. The number of furan rings is 1. The number of hydrogen-bond acceptors (Lipinski definition) is 6. The van der Waals surface area contributed by atoms with Gasteiger partial charge in [-0.05, 0) is 38.1 Å². The summed E-state index contributed by atoms with van der Waals surface area (Å²) >= 11 is 1.43. The smallest absolute Gasteiger partial charge is 0.266 e. The Morgan fingerprint density at radius 3 is 2.29 bits per heavy atom. The van der Waals surface area contributed by atoms with Crippen LogP contribution in [0.25, 0.3) is 22.0 Å². The zero-order chi connectivity index (χ0) is 21.0. The first-order chi connectivity index (χ1) is 15.3. The molecule has 31 heavy (non-hydrogen) atoms. The number of likely N-dealkylation sites (tertiary alicyclic amines) is 1. The summed E-state index contributed by atoms with van der Waals surface area (Å²) in [5.74, 6) is 0.779. The molecule has 162 valence electrons. The molecule has 1 aromatic carbocycles. The van der Waals surface area contributed by atoms with Gasteiger partial charge < -0.3 is 14.2 Å². The Bertz CT molecular complexity index is 988. The van der Waals surface area contributed by atoms with Gasteiger partial charge in [0.25, 0.3) is 5.91 Å². The molecule has 2 saturated heterocycles. The van der Waals surface area contributed by atoms with E-state index in [1.165, 1.54) is 37.3 Å². The Labute approximate surface area is 187 Å². The van der Waals surface area contributed by atoms with Crippen molar-refractivity contribution >= 4 is 17.2 Å². The maximum Gasteiger partial charge on any atom is 0.266 e. The van der Waals surface area contributed by atoms with Crippen LogP contribution in [0.4, 0.5) is 0 Å². The molecule has 4 heterocycles. The van der Waals surface area contributed by atoms with Gasteiger partial charge in [-0.2, -0.15) is 0 Å². The first-order valence-electron chi connectivity index (χ1n) is 11.1. The Balaban J connectivity index is 1.30. The van der Waals surface area contributed by atoms with Gasteiger partial charge in [-0.15, -0.1) is 11.3 Å². The van der Waals surface area contributed by atoms with Gasteiger partial charge in [0.05, 0.1) is 12.0 Å². The predicted octanol–water partition coefficient (Wildman–Crippen LogP) is 3.92. The van der Waals surface area contributed by atoms with Crippen molar-refractivity contribution in [3.8, 4) is 22.0 Å². The summed E-state index contributed by atoms with van der Waals surface area (Å²) in [5, 5.41) is 0.747. The predicted molar refractivity (Wildman–Crippen MR) is 123 cm³/mol. The van der Waals surface area contributed by atoms with E-state index in [4.69, 9.17) is 9.40 Å². The average Bonchev–Trinajstić information content (AvgIpc) is 3.59. The lowest BCUT2D eigenvalue weighted by Crippen LogP contribution is -2.50. The Kier molecular flexibility index (Phi) is 6.15. The maximum atomic E-state index is 13.5. The summed E-state index contributed by atoms with van der Waals surface area (Å²) in [6, 6.07) is 13.7. The van der Waals surface area contributed by atoms with Crippen molar-refractivity contribution in [2.45, 2.75) is 12.8 Å². The Morgan fingerprint density at radius 1 is 0.903 bits per heavy atom. The number of rotatable bonds is 6. The minimum atomic E-state index is 0.0772. The summed E-state index contributed by atoms with van der Waals surface area (Å²) < 4.78 is 5.54. The van der Waals surface area contributed by atoms with Crippen LogP contribution in [0.1, 0.15) is 22.5 Å². The van der Waals surface area contributed by atoms with E-state index in [2.05, 4.69) is 9.80 Å². The van der Waals surface area contributed by atoms with Gasteiger partial charge in [0.15, 0.2) is 10.8 Å². The minimum absolute atomic E-state index is 0.0772. The highest BCUT2D eigenvalue weighted by atomic mass is 32.1. The summed E-state index contributed by atoms with van der Waals surface area (Å²) in [5.41, 5.74) is 1.71. The number of carbonyl (C=O) groups is 1. The fraction of sp³-hybridized carbons (Fsp3) is 0.417. The summed E-state index contributed by atoms with van der Waals surface area (Å²) in [4.78, 5) is 26.0. The highest BCUT2D eigenvalue weighted by Gasteiger charge is 2.28. The molecule has 0 bridgehead atoms. The van der Waals surface area contributed by atoms with Crippen molar-refractivity contribution in [3.05, 3.63) is 53.6 Å². The molecule has 1 amide bonds. The standard InChI is InChI=1S/C24H28N4O2S/c29-24(28-16-14-27(15-17-28)13-12-26-10-4-5-11-26)22-21(19-7-2-1-3-8-19)25-23(31-22)20-9-6-18-30-20/h1-3,6-9,18H,4-5,10-17H2. The van der Waals surface area contributed by atoms with Gasteiger partial charge in [-0.25, -0.2) is 4.98 Å². The maximum absolute atomic E-state index is 13.5. The topological polar surface area (TPSA) is 52.8 Å². The average molecular weight is 437 g/mol. The van der Waals surface area contributed by atoms with E-state index < -0.39 is 0 Å². The first kappa shape index (κ1) is 20.4. The molecule has 6 nitrogen and oxygen atoms in total. The summed E-state index contributed by atoms with van der Waals surface area (Å²) in [6.45, 7) is 8.12. The van der Waals surface area contributed by atoms with Crippen LogP contribution < -0.4 is 0 Å². The zero-order valence-corrected chi connectivity index (χ0v) is 18.5. The van der Waals surface area contributed by atoms with Crippen LogP contribution in [0.2, 0.25) is 0 Å². The van der Waals surface area contributed by atoms with Gasteiger partial charge in [0.2, 0.25) is 0 Å². The molecular formula is C24H28N4O2S. The lowest BCUT2D eigenvalue weighted by Gasteiger charge is -2.35. The van der Waals surface area contributed by atoms with Crippen LogP contribution in [-0.4, -0.2) is 77.9 Å². The molecule has 5 rings (SSSR count). The molecule has 0 radical (unpaired) electrons. The van der Waals surface area contributed by atoms with Crippen LogP contribution >= 0.6 is 11.3 Å². The molecule has 2 fully saturated rings. The van der Waals surface area contributed by atoms with Crippen molar-refractivity contribution in [2.24, 2.45) is 0 Å². The highest BCUT2D eigenvalue weighted by Crippen LogP contribution is 2.35. The van der Waals surface area contributed by atoms with E-state index in [0.717, 1.165) is 55.5 Å². The highest BCUT2D eigenvalue weighted by molar-refractivity contribution is 7.17. The monoisotopic (exact) mass is 436 g/mol. The van der Waals surface area contributed by atoms with Crippen molar-refractivity contribution in [2.75, 3.05) is 52.4 Å². The minimum Gasteiger partial charge on any atom is -0.462 e. The van der Waals surface area contributed by atoms with E-state index in [9.17, 15) is 4.79 Å². The van der Waals surface area contributed by atoms with Crippen molar-refractivity contribution < 1.29 is 9.21 Å². The number of thiazole rings is 1. The number of aromatic nitrogens is 1. The second kappa shape index (κ2) is 9.34. The van der Waals surface area contributed by atoms with E-state index >= 15 is 0 Å². The Morgan fingerprint density at radius 2 is 1.61 bits per heavy atom. The molecule has 0 spiro atoms. The van der Waals surface area contributed by atoms with Crippen LogP contribution in [0.5, 0.6) is 0 Å². The van der Waals surface area contributed by atoms with E-state index in [1.54, 1.807) is 6.26 Å². The van der Waals surface area contributed by atoms with E-state index in [-0.39, 0.29) is 5.91 Å². The fourth-order valence-electron chi connectivity index (χ4n) is 4.37. The van der Waals surface area contributed by atoms with Gasteiger partial charge in [0, 0.05) is 44.8 Å². The van der Waals surface area contributed by atoms with Crippen LogP contribution in [-0.2, 0) is 0 Å². The van der Waals surface area contributed by atoms with Crippen LogP contribution in [0.3, 0.4) is 0 Å². The van der Waals surface area contributed by atoms with Crippen LogP contribution in [0, 0.1) is 0 Å². The number of hydrogen-bond donors (Lipinski definition) is 0. The van der Waals surface area contributed by atoms with E-state index in [0.29, 0.717) is 10.6 Å². The van der Waals surface area contributed by atoms with E-state index in [1.807, 2.05) is 47.4 Å². The third-order valence-corrected chi connectivity index (χ3v) is 7.25. The molecule has 2 aromatic heterocycles. The fourth-order valence-corrected chi connectivity index (χ4v) is 5.39. The molecule has 3 aromatic rings. The molecule has 2 aliphatic heterocycles. The van der Waals surface area contributed by atoms with Gasteiger partial charge >= 0.3 is 0 Å². The van der Waals surface area contributed by atoms with Crippen molar-refractivity contribution in [1.82, 2.24) is 19.7 Å². The molecule has 2 aliphatic rings. The Hall–Kier alpha value is -2.48. The zero-order valence-electron chi connectivity index (χ0n) is 17.7. The van der Waals surface area contributed by atoms with Gasteiger partial charge in [-0.1, -0.05) is 30.3 Å².